The Balaban J connectivity index is 1.62. The monoisotopic (exact) mass is 328 g/mol. The van der Waals surface area contributed by atoms with Gasteiger partial charge in [0.2, 0.25) is 0 Å². The van der Waals surface area contributed by atoms with E-state index in [1.165, 1.54) is 25.2 Å². The van der Waals surface area contributed by atoms with Crippen LogP contribution in [-0.4, -0.2) is 56.0 Å². The van der Waals surface area contributed by atoms with E-state index in [1.807, 2.05) is 4.68 Å². The summed E-state index contributed by atoms with van der Waals surface area (Å²) in [6, 6.07) is -0.235. The molecule has 2 aliphatic rings. The average molecular weight is 328 g/mol. The first-order chi connectivity index (χ1) is 11.8. The van der Waals surface area contributed by atoms with Crippen molar-refractivity contribution in [1.82, 2.24) is 29.9 Å². The van der Waals surface area contributed by atoms with Crippen molar-refractivity contribution >= 4 is 5.91 Å². The summed E-state index contributed by atoms with van der Waals surface area (Å²) in [5.74, 6) is 0.587. The molecule has 0 saturated heterocycles. The molecule has 1 aliphatic heterocycles. The number of carbonyl (C=O) groups is 1. The van der Waals surface area contributed by atoms with Crippen molar-refractivity contribution in [3.05, 3.63) is 35.7 Å². The van der Waals surface area contributed by atoms with Gasteiger partial charge in [-0.1, -0.05) is 5.21 Å². The van der Waals surface area contributed by atoms with Gasteiger partial charge in [0.15, 0.2) is 0 Å². The third-order valence-electron chi connectivity index (χ3n) is 4.64. The smallest absolute Gasteiger partial charge is 0.274 e. The van der Waals surface area contributed by atoms with E-state index in [4.69, 9.17) is 4.74 Å². The number of methoxy groups -OCH3 is 1. The molecule has 24 heavy (non-hydrogen) atoms. The van der Waals surface area contributed by atoms with Crippen molar-refractivity contribution in [3.8, 4) is 0 Å². The van der Waals surface area contributed by atoms with E-state index in [0.717, 1.165) is 30.3 Å². The molecule has 2 aromatic heterocycles. The van der Waals surface area contributed by atoms with Crippen LogP contribution in [0.3, 0.4) is 0 Å². The molecular weight excluding hydrogens is 308 g/mol. The second-order valence-electron chi connectivity index (χ2n) is 6.36. The zero-order valence-electron chi connectivity index (χ0n) is 13.6. The third-order valence-corrected chi connectivity index (χ3v) is 4.64. The van der Waals surface area contributed by atoms with Crippen LogP contribution in [0.5, 0.6) is 0 Å². The number of hydrogen-bond acceptors (Lipinski definition) is 6. The molecule has 8 nitrogen and oxygen atoms in total. The van der Waals surface area contributed by atoms with Crippen LogP contribution in [-0.2, 0) is 17.7 Å². The van der Waals surface area contributed by atoms with Crippen molar-refractivity contribution in [1.29, 1.82) is 0 Å². The highest BCUT2D eigenvalue weighted by atomic mass is 16.5. The standard InChI is InChI=1S/C16H20N6O2/c1-24-10-14-15-13(22(20-19-15)9-11-2-3-11)4-7-21(14)16(23)12-8-17-5-6-18-12/h5-6,8,11,14H,2-4,7,9-10H2,1H3/t14-/m0/s1. The molecule has 0 spiro atoms. The van der Waals surface area contributed by atoms with Gasteiger partial charge in [-0.2, -0.15) is 0 Å². The van der Waals surface area contributed by atoms with Crippen LogP contribution in [0.4, 0.5) is 0 Å². The van der Waals surface area contributed by atoms with Crippen LogP contribution in [0, 0.1) is 5.92 Å². The molecular formula is C16H20N6O2. The predicted molar refractivity (Wildman–Crippen MR) is 84.1 cm³/mol. The molecule has 0 aromatic carbocycles. The maximum atomic E-state index is 12.8. The fraction of sp³-hybridized carbons (Fsp3) is 0.562. The second-order valence-corrected chi connectivity index (χ2v) is 6.36. The molecule has 1 saturated carbocycles. The molecule has 0 N–H and O–H groups in total. The minimum atomic E-state index is -0.235. The van der Waals surface area contributed by atoms with E-state index in [2.05, 4.69) is 20.3 Å². The lowest BCUT2D eigenvalue weighted by molar-refractivity contribution is 0.0484. The summed E-state index contributed by atoms with van der Waals surface area (Å²) in [4.78, 5) is 22.7. The van der Waals surface area contributed by atoms with Crippen LogP contribution < -0.4 is 0 Å². The Labute approximate surface area is 139 Å². The number of ether oxygens (including phenoxy) is 1. The third kappa shape index (κ3) is 2.77. The van der Waals surface area contributed by atoms with Crippen LogP contribution in [0.25, 0.3) is 0 Å². The van der Waals surface area contributed by atoms with E-state index in [0.29, 0.717) is 18.8 Å². The molecule has 1 fully saturated rings. The van der Waals surface area contributed by atoms with Crippen molar-refractivity contribution in [2.75, 3.05) is 20.3 Å². The molecule has 4 rings (SSSR count). The summed E-state index contributed by atoms with van der Waals surface area (Å²) in [5, 5.41) is 8.69. The number of hydrogen-bond donors (Lipinski definition) is 0. The topological polar surface area (TPSA) is 86.0 Å². The Morgan fingerprint density at radius 2 is 2.25 bits per heavy atom. The largest absolute Gasteiger partial charge is 0.382 e. The molecule has 126 valence electrons. The Kier molecular flexibility index (Phi) is 3.97. The summed E-state index contributed by atoms with van der Waals surface area (Å²) in [5.41, 5.74) is 2.32. The van der Waals surface area contributed by atoms with Crippen LogP contribution in [0.2, 0.25) is 0 Å². The van der Waals surface area contributed by atoms with Gasteiger partial charge in [-0.15, -0.1) is 5.10 Å². The molecule has 8 heteroatoms. The van der Waals surface area contributed by atoms with Gasteiger partial charge in [-0.3, -0.25) is 9.78 Å². The van der Waals surface area contributed by atoms with Gasteiger partial charge in [0.1, 0.15) is 17.4 Å². The minimum Gasteiger partial charge on any atom is -0.382 e. The van der Waals surface area contributed by atoms with Gasteiger partial charge in [0, 0.05) is 39.0 Å². The van der Waals surface area contributed by atoms with E-state index >= 15 is 0 Å². The lowest BCUT2D eigenvalue weighted by Crippen LogP contribution is -2.42. The zero-order valence-corrected chi connectivity index (χ0v) is 13.6. The Morgan fingerprint density at radius 1 is 1.38 bits per heavy atom. The zero-order chi connectivity index (χ0) is 16.5. The van der Waals surface area contributed by atoms with Gasteiger partial charge >= 0.3 is 0 Å². The van der Waals surface area contributed by atoms with E-state index in [1.54, 1.807) is 18.2 Å². The first-order valence-electron chi connectivity index (χ1n) is 8.26. The molecule has 3 heterocycles. The Morgan fingerprint density at radius 3 is 2.96 bits per heavy atom. The number of fused-ring (bicyclic) bond motifs is 1. The van der Waals surface area contributed by atoms with E-state index in [9.17, 15) is 4.79 Å². The fourth-order valence-corrected chi connectivity index (χ4v) is 3.21. The van der Waals surface area contributed by atoms with Crippen LogP contribution >= 0.6 is 0 Å². The van der Waals surface area contributed by atoms with Crippen molar-refractivity contribution in [3.63, 3.8) is 0 Å². The summed E-state index contributed by atoms with van der Waals surface area (Å²) in [6.45, 7) is 1.93. The van der Waals surface area contributed by atoms with Crippen LogP contribution in [0.1, 0.15) is 40.8 Å². The first-order valence-corrected chi connectivity index (χ1v) is 8.26. The molecule has 2 aromatic rings. The summed E-state index contributed by atoms with van der Waals surface area (Å²) in [6.07, 6.45) is 7.87. The number of nitrogens with zero attached hydrogens (tertiary/aromatic N) is 6. The Hall–Kier alpha value is -2.35. The summed E-state index contributed by atoms with van der Waals surface area (Å²) >= 11 is 0. The first kappa shape index (κ1) is 15.2. The predicted octanol–water partition coefficient (Wildman–Crippen LogP) is 0.864. The SMILES string of the molecule is COC[C@H]1c2nnn(CC3CC3)c2CCN1C(=O)c1cnccn1. The normalized spacial score (nSPS) is 20.0. The fourth-order valence-electron chi connectivity index (χ4n) is 3.21. The van der Waals surface area contributed by atoms with E-state index < -0.39 is 0 Å². The highest BCUT2D eigenvalue weighted by molar-refractivity contribution is 5.92. The molecule has 0 unspecified atom stereocenters. The number of amides is 1. The summed E-state index contributed by atoms with van der Waals surface area (Å²) < 4.78 is 7.36. The molecule has 0 radical (unpaired) electrons. The van der Waals surface area contributed by atoms with Gasteiger partial charge in [-0.25, -0.2) is 9.67 Å². The van der Waals surface area contributed by atoms with Crippen molar-refractivity contribution < 1.29 is 9.53 Å². The van der Waals surface area contributed by atoms with Gasteiger partial charge in [0.05, 0.1) is 18.5 Å². The highest BCUT2D eigenvalue weighted by Crippen LogP contribution is 2.33. The molecule has 0 bridgehead atoms. The van der Waals surface area contributed by atoms with Gasteiger partial charge in [0.25, 0.3) is 5.91 Å². The summed E-state index contributed by atoms with van der Waals surface area (Å²) in [7, 11) is 1.63. The minimum absolute atomic E-state index is 0.146. The maximum absolute atomic E-state index is 12.8. The van der Waals surface area contributed by atoms with Crippen molar-refractivity contribution in [2.24, 2.45) is 5.92 Å². The van der Waals surface area contributed by atoms with Crippen molar-refractivity contribution in [2.45, 2.75) is 31.8 Å². The number of rotatable bonds is 5. The van der Waals surface area contributed by atoms with Gasteiger partial charge in [-0.05, 0) is 18.8 Å². The lowest BCUT2D eigenvalue weighted by atomic mass is 10.0. The van der Waals surface area contributed by atoms with Crippen LogP contribution in [0.15, 0.2) is 18.6 Å². The number of aromatic nitrogens is 5. The molecule has 1 atom stereocenters. The molecule has 1 amide bonds. The second kappa shape index (κ2) is 6.27. The molecule has 1 aliphatic carbocycles. The van der Waals surface area contributed by atoms with E-state index in [-0.39, 0.29) is 11.9 Å². The Bertz CT molecular complexity index is 727. The number of carbonyl (C=O) groups excluding carboxylic acids is 1. The maximum Gasteiger partial charge on any atom is 0.274 e. The lowest BCUT2D eigenvalue weighted by Gasteiger charge is -2.34. The highest BCUT2D eigenvalue weighted by Gasteiger charge is 2.36. The quantitative estimate of drug-likeness (QED) is 0.809. The van der Waals surface area contributed by atoms with Gasteiger partial charge < -0.3 is 9.64 Å². The average Bonchev–Trinajstić information content (AvgIpc) is 3.34.